The molecule has 0 spiro atoms. The molecule has 5 nitrogen and oxygen atoms in total. The molecule has 1 N–H and O–H groups in total. The molecule has 1 saturated carbocycles. The molecule has 2 amide bonds. The highest BCUT2D eigenvalue weighted by atomic mass is 32.1. The maximum Gasteiger partial charge on any atom is 0.416 e. The molecule has 4 rings (SSSR count). The lowest BCUT2D eigenvalue weighted by Crippen LogP contribution is -2.47. The molecule has 0 saturated heterocycles. The average molecular weight is 488 g/mol. The molecule has 2 heterocycles. The van der Waals surface area contributed by atoms with Gasteiger partial charge < -0.3 is 5.32 Å². The van der Waals surface area contributed by atoms with Gasteiger partial charge in [0, 0.05) is 22.8 Å². The maximum atomic E-state index is 13.6. The molecule has 1 atom stereocenters. The first-order chi connectivity index (χ1) is 16.3. The van der Waals surface area contributed by atoms with Crippen molar-refractivity contribution in [2.75, 3.05) is 4.90 Å². The lowest BCUT2D eigenvalue weighted by atomic mass is 9.95. The van der Waals surface area contributed by atoms with Crippen molar-refractivity contribution in [3.05, 3.63) is 82.3 Å². The molecule has 0 aliphatic heterocycles. The first-order valence-electron chi connectivity index (χ1n) is 11.1. The number of aromatic nitrogens is 1. The third-order valence-electron chi connectivity index (χ3n) is 5.83. The Bertz CT molecular complexity index is 1110. The van der Waals surface area contributed by atoms with Gasteiger partial charge in [0.1, 0.15) is 5.69 Å². The molecule has 0 radical (unpaired) electrons. The van der Waals surface area contributed by atoms with E-state index in [1.165, 1.54) is 35.7 Å². The van der Waals surface area contributed by atoms with Gasteiger partial charge in [-0.15, -0.1) is 11.3 Å². The fourth-order valence-corrected chi connectivity index (χ4v) is 4.99. The number of nitrogens with one attached hydrogen (secondary N) is 1. The number of thiophene rings is 1. The topological polar surface area (TPSA) is 62.3 Å². The number of hydrogen-bond acceptors (Lipinski definition) is 4. The molecule has 178 valence electrons. The zero-order valence-corrected chi connectivity index (χ0v) is 19.1. The Morgan fingerprint density at radius 2 is 1.82 bits per heavy atom. The summed E-state index contributed by atoms with van der Waals surface area (Å²) >= 11 is 1.27. The summed E-state index contributed by atoms with van der Waals surface area (Å²) in [7, 11) is 0. The molecule has 1 fully saturated rings. The Kier molecular flexibility index (Phi) is 7.31. The third kappa shape index (κ3) is 5.47. The summed E-state index contributed by atoms with van der Waals surface area (Å²) in [5.41, 5.74) is -0.893. The smallest absolute Gasteiger partial charge is 0.351 e. The minimum atomic E-state index is -4.60. The quantitative estimate of drug-likeness (QED) is 0.464. The zero-order valence-electron chi connectivity index (χ0n) is 18.3. The van der Waals surface area contributed by atoms with Crippen LogP contribution in [0.15, 0.2) is 66.2 Å². The first-order valence-corrected chi connectivity index (χ1v) is 12.0. The van der Waals surface area contributed by atoms with Crippen LogP contribution in [0.1, 0.15) is 59.1 Å². The number of hydrogen-bond donors (Lipinski definition) is 1. The summed E-state index contributed by atoms with van der Waals surface area (Å²) in [5, 5.41) is 4.81. The number of alkyl halides is 3. The Morgan fingerprint density at radius 3 is 2.47 bits per heavy atom. The second kappa shape index (κ2) is 10.4. The van der Waals surface area contributed by atoms with Crippen LogP contribution in [0.3, 0.4) is 0 Å². The van der Waals surface area contributed by atoms with Crippen LogP contribution in [0, 0.1) is 0 Å². The minimum Gasteiger partial charge on any atom is -0.351 e. The van der Waals surface area contributed by atoms with Crippen LogP contribution >= 0.6 is 11.3 Å². The highest BCUT2D eigenvalue weighted by Gasteiger charge is 2.37. The number of nitrogens with zero attached hydrogens (tertiary/aromatic N) is 2. The van der Waals surface area contributed by atoms with Gasteiger partial charge in [0.25, 0.3) is 5.91 Å². The molecule has 0 unspecified atom stereocenters. The van der Waals surface area contributed by atoms with E-state index >= 15 is 0 Å². The lowest BCUT2D eigenvalue weighted by Gasteiger charge is -2.32. The Balaban J connectivity index is 1.80. The molecular weight excluding hydrogens is 463 g/mol. The van der Waals surface area contributed by atoms with E-state index in [2.05, 4.69) is 10.3 Å². The van der Waals surface area contributed by atoms with Gasteiger partial charge in [0.05, 0.1) is 5.56 Å². The number of amides is 2. The standard InChI is InChI=1S/C25H24F3N3O2S/c26-25(27,28)17-8-6-11-19(16-17)31(24(33)20-12-4-5-14-29-20)22(21-13-7-15-34-21)23(32)30-18-9-2-1-3-10-18/h4-8,11-16,18,22H,1-3,9-10H2,(H,30,32)/t22-/m1/s1. The molecule has 1 aliphatic rings. The van der Waals surface area contributed by atoms with Gasteiger partial charge in [0.15, 0.2) is 6.04 Å². The Hall–Kier alpha value is -3.20. The van der Waals surface area contributed by atoms with Crippen LogP contribution in [0.4, 0.5) is 18.9 Å². The van der Waals surface area contributed by atoms with E-state index in [9.17, 15) is 22.8 Å². The molecule has 3 aromatic rings. The van der Waals surface area contributed by atoms with E-state index in [0.717, 1.165) is 49.1 Å². The molecule has 0 bridgehead atoms. The van der Waals surface area contributed by atoms with E-state index in [1.54, 1.807) is 29.6 Å². The van der Waals surface area contributed by atoms with Crippen LogP contribution in [-0.2, 0) is 11.0 Å². The van der Waals surface area contributed by atoms with Gasteiger partial charge in [0.2, 0.25) is 5.91 Å². The SMILES string of the molecule is O=C(NC1CCCCC1)[C@@H](c1cccs1)N(C(=O)c1ccccn1)c1cccc(C(F)(F)F)c1. The number of carbonyl (C=O) groups is 2. The van der Waals surface area contributed by atoms with Gasteiger partial charge in [-0.1, -0.05) is 37.5 Å². The monoisotopic (exact) mass is 487 g/mol. The summed E-state index contributed by atoms with van der Waals surface area (Å²) in [6.45, 7) is 0. The number of pyridine rings is 1. The highest BCUT2D eigenvalue weighted by molar-refractivity contribution is 7.10. The predicted octanol–water partition coefficient (Wildman–Crippen LogP) is 6.00. The van der Waals surface area contributed by atoms with Crippen LogP contribution in [0.25, 0.3) is 0 Å². The van der Waals surface area contributed by atoms with E-state index in [0.29, 0.717) is 4.88 Å². The normalized spacial score (nSPS) is 15.5. The van der Waals surface area contributed by atoms with E-state index < -0.39 is 29.6 Å². The van der Waals surface area contributed by atoms with Gasteiger partial charge in [-0.25, -0.2) is 0 Å². The van der Waals surface area contributed by atoms with Gasteiger partial charge in [-0.2, -0.15) is 13.2 Å². The Morgan fingerprint density at radius 1 is 1.03 bits per heavy atom. The largest absolute Gasteiger partial charge is 0.416 e. The van der Waals surface area contributed by atoms with Crippen LogP contribution in [0.2, 0.25) is 0 Å². The zero-order chi connectivity index (χ0) is 24.1. The summed E-state index contributed by atoms with van der Waals surface area (Å²) in [6, 6.07) is 11.5. The van der Waals surface area contributed by atoms with Crippen LogP contribution < -0.4 is 10.2 Å². The molecule has 1 aromatic carbocycles. The molecule has 2 aromatic heterocycles. The van der Waals surface area contributed by atoms with Crippen LogP contribution in [0.5, 0.6) is 0 Å². The van der Waals surface area contributed by atoms with E-state index in [-0.39, 0.29) is 17.4 Å². The second-order valence-electron chi connectivity index (χ2n) is 8.20. The van der Waals surface area contributed by atoms with Crippen molar-refractivity contribution in [3.63, 3.8) is 0 Å². The van der Waals surface area contributed by atoms with Gasteiger partial charge >= 0.3 is 6.18 Å². The fraction of sp³-hybridized carbons (Fsp3) is 0.320. The maximum absolute atomic E-state index is 13.6. The number of rotatable bonds is 6. The van der Waals surface area contributed by atoms with Crippen molar-refractivity contribution in [2.24, 2.45) is 0 Å². The molecular formula is C25H24F3N3O2S. The number of halogens is 3. The summed E-state index contributed by atoms with van der Waals surface area (Å²) in [6.07, 6.45) is 1.60. The van der Waals surface area contributed by atoms with E-state index in [4.69, 9.17) is 0 Å². The van der Waals surface area contributed by atoms with Crippen molar-refractivity contribution in [2.45, 2.75) is 50.4 Å². The van der Waals surface area contributed by atoms with E-state index in [1.807, 2.05) is 0 Å². The van der Waals surface area contributed by atoms with Crippen molar-refractivity contribution >= 4 is 28.8 Å². The summed E-state index contributed by atoms with van der Waals surface area (Å²) in [5.74, 6) is -1.08. The van der Waals surface area contributed by atoms with Gasteiger partial charge in [-0.3, -0.25) is 19.5 Å². The molecule has 1 aliphatic carbocycles. The van der Waals surface area contributed by atoms with Crippen molar-refractivity contribution in [1.82, 2.24) is 10.3 Å². The minimum absolute atomic E-state index is 0.0253. The fourth-order valence-electron chi connectivity index (χ4n) is 4.18. The number of anilines is 1. The lowest BCUT2D eigenvalue weighted by molar-refractivity contribution is -0.137. The van der Waals surface area contributed by atoms with Crippen molar-refractivity contribution in [3.8, 4) is 0 Å². The first kappa shape index (κ1) is 23.9. The summed E-state index contributed by atoms with van der Waals surface area (Å²) < 4.78 is 40.5. The number of benzene rings is 1. The second-order valence-corrected chi connectivity index (χ2v) is 9.18. The third-order valence-corrected chi connectivity index (χ3v) is 6.75. The Labute approximate surface area is 199 Å². The van der Waals surface area contributed by atoms with Crippen molar-refractivity contribution in [1.29, 1.82) is 0 Å². The average Bonchev–Trinajstić information content (AvgIpc) is 3.37. The van der Waals surface area contributed by atoms with Crippen molar-refractivity contribution < 1.29 is 22.8 Å². The predicted molar refractivity (Wildman–Crippen MR) is 125 cm³/mol. The van der Waals surface area contributed by atoms with Crippen LogP contribution in [-0.4, -0.2) is 22.8 Å². The highest BCUT2D eigenvalue weighted by Crippen LogP contribution is 2.36. The molecule has 9 heteroatoms. The summed E-state index contributed by atoms with van der Waals surface area (Å²) in [4.78, 5) is 33.0. The number of carbonyl (C=O) groups excluding carboxylic acids is 2. The molecule has 34 heavy (non-hydrogen) atoms. The van der Waals surface area contributed by atoms with Gasteiger partial charge in [-0.05, 0) is 54.6 Å².